The molecule has 32 heavy (non-hydrogen) atoms. The lowest BCUT2D eigenvalue weighted by atomic mass is 9.94. The van der Waals surface area contributed by atoms with Crippen molar-refractivity contribution in [2.45, 2.75) is 24.3 Å². The predicted octanol–water partition coefficient (Wildman–Crippen LogP) is 1.02. The summed E-state index contributed by atoms with van der Waals surface area (Å²) in [5.41, 5.74) is 5.34. The van der Waals surface area contributed by atoms with Crippen molar-refractivity contribution in [1.82, 2.24) is 19.9 Å². The SMILES string of the molecule is COc1cnc2c(Nc3cc([C@]4(C)CS(=O)(=O)[C@@](C)(O)C(N)=N4)c(F)cn3)ccnc2n1. The molecule has 0 bridgehead atoms. The summed E-state index contributed by atoms with van der Waals surface area (Å²) in [6.07, 6.45) is 3.88. The van der Waals surface area contributed by atoms with Crippen LogP contribution in [-0.2, 0) is 15.4 Å². The van der Waals surface area contributed by atoms with E-state index in [0.717, 1.165) is 13.1 Å². The van der Waals surface area contributed by atoms with Gasteiger partial charge in [0.15, 0.2) is 15.5 Å². The Morgan fingerprint density at radius 1 is 1.25 bits per heavy atom. The number of nitrogens with two attached hydrogens (primary N) is 1. The molecule has 1 aliphatic rings. The highest BCUT2D eigenvalue weighted by Crippen LogP contribution is 2.38. The molecule has 4 rings (SSSR count). The molecule has 0 fully saturated rings. The van der Waals surface area contributed by atoms with E-state index in [4.69, 9.17) is 10.5 Å². The number of amidine groups is 1. The molecule has 0 aliphatic carbocycles. The average Bonchev–Trinajstić information content (AvgIpc) is 2.73. The molecule has 3 aromatic heterocycles. The van der Waals surface area contributed by atoms with E-state index in [9.17, 15) is 17.9 Å². The average molecular weight is 461 g/mol. The number of aliphatic hydroxyl groups is 1. The maximum atomic E-state index is 14.7. The third-order valence-corrected chi connectivity index (χ3v) is 7.61. The summed E-state index contributed by atoms with van der Waals surface area (Å²) in [4.78, 5) is 18.5. The molecule has 0 aromatic carbocycles. The highest BCUT2D eigenvalue weighted by atomic mass is 32.2. The summed E-state index contributed by atoms with van der Waals surface area (Å²) in [5.74, 6) is -1.42. The molecule has 0 saturated heterocycles. The standard InChI is InChI=1S/C19H20FN7O4S/c1-18(9-32(29,30)19(2,28)17(21)27-18)10-6-13(23-7-11(10)20)25-12-4-5-22-16-15(12)24-8-14(26-16)31-3/h4-8,28H,9H2,1-3H3,(H2,21,27)(H,22,23,25,26)/t18-,19+/m0/s1. The normalized spacial score (nSPS) is 24.7. The summed E-state index contributed by atoms with van der Waals surface area (Å²) < 4.78 is 45.0. The Hall–Kier alpha value is -3.45. The van der Waals surface area contributed by atoms with E-state index in [1.165, 1.54) is 32.5 Å². The van der Waals surface area contributed by atoms with E-state index in [1.807, 2.05) is 0 Å². The Kier molecular flexibility index (Phi) is 4.97. The Morgan fingerprint density at radius 2 is 2.00 bits per heavy atom. The molecule has 0 amide bonds. The molecule has 2 atom stereocenters. The van der Waals surface area contributed by atoms with Crippen LogP contribution in [0.1, 0.15) is 19.4 Å². The number of nitrogens with one attached hydrogen (secondary N) is 1. The van der Waals surface area contributed by atoms with E-state index >= 15 is 0 Å². The maximum Gasteiger partial charge on any atom is 0.234 e. The zero-order valence-electron chi connectivity index (χ0n) is 17.4. The van der Waals surface area contributed by atoms with Gasteiger partial charge in [-0.25, -0.2) is 27.8 Å². The summed E-state index contributed by atoms with van der Waals surface area (Å²) in [6.45, 7) is 2.47. The van der Waals surface area contributed by atoms with Crippen molar-refractivity contribution >= 4 is 38.3 Å². The molecule has 168 valence electrons. The van der Waals surface area contributed by atoms with E-state index in [1.54, 1.807) is 6.07 Å². The van der Waals surface area contributed by atoms with Crippen LogP contribution in [0.3, 0.4) is 0 Å². The summed E-state index contributed by atoms with van der Waals surface area (Å²) in [6, 6.07) is 2.97. The van der Waals surface area contributed by atoms with Crippen LogP contribution in [0, 0.1) is 5.82 Å². The second-order valence-corrected chi connectivity index (χ2v) is 9.94. The van der Waals surface area contributed by atoms with Gasteiger partial charge in [0.25, 0.3) is 0 Å². The van der Waals surface area contributed by atoms with Gasteiger partial charge in [-0.2, -0.15) is 4.98 Å². The number of methoxy groups -OCH3 is 1. The number of nitrogens with zero attached hydrogens (tertiary/aromatic N) is 5. The minimum atomic E-state index is -4.14. The number of sulfone groups is 1. The molecule has 3 aromatic rings. The molecule has 0 radical (unpaired) electrons. The first-order valence-corrected chi connectivity index (χ1v) is 11.0. The van der Waals surface area contributed by atoms with Crippen molar-refractivity contribution in [2.24, 2.45) is 10.7 Å². The molecule has 0 saturated carbocycles. The first-order valence-electron chi connectivity index (χ1n) is 9.36. The second-order valence-electron chi connectivity index (χ2n) is 7.63. The number of ether oxygens (including phenoxy) is 1. The Bertz CT molecular complexity index is 1360. The third-order valence-electron chi connectivity index (χ3n) is 5.25. The lowest BCUT2D eigenvalue weighted by Crippen LogP contribution is -2.56. The lowest BCUT2D eigenvalue weighted by molar-refractivity contribution is 0.204. The zero-order chi connectivity index (χ0) is 23.3. The first-order chi connectivity index (χ1) is 15.0. The van der Waals surface area contributed by atoms with Crippen LogP contribution in [0.4, 0.5) is 15.9 Å². The van der Waals surface area contributed by atoms with Crippen molar-refractivity contribution in [1.29, 1.82) is 0 Å². The Morgan fingerprint density at radius 3 is 2.69 bits per heavy atom. The van der Waals surface area contributed by atoms with Crippen LogP contribution in [-0.4, -0.2) is 57.1 Å². The zero-order valence-corrected chi connectivity index (χ0v) is 18.2. The number of anilines is 2. The van der Waals surface area contributed by atoms with E-state index < -0.39 is 37.7 Å². The highest BCUT2D eigenvalue weighted by molar-refractivity contribution is 7.93. The fourth-order valence-electron chi connectivity index (χ4n) is 3.37. The van der Waals surface area contributed by atoms with E-state index in [2.05, 4.69) is 30.2 Å². The van der Waals surface area contributed by atoms with Gasteiger partial charge in [-0.3, -0.25) is 4.99 Å². The van der Waals surface area contributed by atoms with Gasteiger partial charge in [-0.1, -0.05) is 0 Å². The van der Waals surface area contributed by atoms with Gasteiger partial charge < -0.3 is 20.9 Å². The summed E-state index contributed by atoms with van der Waals surface area (Å²) >= 11 is 0. The van der Waals surface area contributed by atoms with E-state index in [0.29, 0.717) is 22.7 Å². The number of hydrogen-bond donors (Lipinski definition) is 3. The molecular weight excluding hydrogens is 441 g/mol. The monoisotopic (exact) mass is 461 g/mol. The van der Waals surface area contributed by atoms with Crippen molar-refractivity contribution in [3.8, 4) is 5.88 Å². The number of aliphatic imine (C=N–C) groups is 1. The molecule has 4 N–H and O–H groups in total. The highest BCUT2D eigenvalue weighted by Gasteiger charge is 2.51. The van der Waals surface area contributed by atoms with Gasteiger partial charge in [0, 0.05) is 11.8 Å². The molecular formula is C19H20FN7O4S. The molecule has 13 heteroatoms. The number of aromatic nitrogens is 4. The van der Waals surface area contributed by atoms with Crippen molar-refractivity contribution in [3.63, 3.8) is 0 Å². The minimum absolute atomic E-state index is 0.0526. The van der Waals surface area contributed by atoms with Gasteiger partial charge in [0.1, 0.15) is 28.5 Å². The van der Waals surface area contributed by atoms with Crippen LogP contribution >= 0.6 is 0 Å². The van der Waals surface area contributed by atoms with Crippen molar-refractivity contribution in [3.05, 3.63) is 42.1 Å². The topological polar surface area (TPSA) is 166 Å². The summed E-state index contributed by atoms with van der Waals surface area (Å²) in [5, 5.41) is 13.2. The number of rotatable bonds is 4. The van der Waals surface area contributed by atoms with Gasteiger partial charge >= 0.3 is 0 Å². The molecule has 0 unspecified atom stereocenters. The Labute approximate surface area is 182 Å². The van der Waals surface area contributed by atoms with Gasteiger partial charge in [-0.15, -0.1) is 0 Å². The number of pyridine rings is 2. The Balaban J connectivity index is 1.77. The van der Waals surface area contributed by atoms with Crippen molar-refractivity contribution in [2.75, 3.05) is 18.2 Å². The van der Waals surface area contributed by atoms with E-state index in [-0.39, 0.29) is 11.4 Å². The number of halogens is 1. The quantitative estimate of drug-likeness (QED) is 0.510. The summed E-state index contributed by atoms with van der Waals surface area (Å²) in [7, 11) is -2.68. The van der Waals surface area contributed by atoms with Crippen LogP contribution < -0.4 is 15.8 Å². The molecule has 11 nitrogen and oxygen atoms in total. The van der Waals surface area contributed by atoms with Crippen molar-refractivity contribution < 1.29 is 22.7 Å². The molecule has 1 aliphatic heterocycles. The largest absolute Gasteiger partial charge is 0.480 e. The minimum Gasteiger partial charge on any atom is -0.480 e. The molecule has 4 heterocycles. The van der Waals surface area contributed by atoms with Crippen LogP contribution in [0.15, 0.2) is 35.7 Å². The second kappa shape index (κ2) is 7.31. The first kappa shape index (κ1) is 21.8. The van der Waals surface area contributed by atoms with Gasteiger partial charge in [0.2, 0.25) is 10.8 Å². The number of fused-ring (bicyclic) bond motifs is 1. The maximum absolute atomic E-state index is 14.7. The smallest absolute Gasteiger partial charge is 0.234 e. The van der Waals surface area contributed by atoms with Gasteiger partial charge in [0.05, 0.1) is 30.9 Å². The fraction of sp³-hybridized carbons (Fsp3) is 0.316. The lowest BCUT2D eigenvalue weighted by Gasteiger charge is -2.36. The third kappa shape index (κ3) is 3.48. The molecule has 0 spiro atoms. The van der Waals surface area contributed by atoms with Crippen LogP contribution in [0.2, 0.25) is 0 Å². The predicted molar refractivity (Wildman–Crippen MR) is 115 cm³/mol. The fourth-order valence-corrected chi connectivity index (χ4v) is 4.98. The van der Waals surface area contributed by atoms with Gasteiger partial charge in [-0.05, 0) is 26.0 Å². The van der Waals surface area contributed by atoms with Crippen LogP contribution in [0.5, 0.6) is 5.88 Å². The van der Waals surface area contributed by atoms with Crippen LogP contribution in [0.25, 0.3) is 11.2 Å². The number of hydrogen-bond acceptors (Lipinski definition) is 11.